The average Bonchev–Trinajstić information content (AvgIpc) is 3.20. The molecular formula is C27H43NO6S. The van der Waals surface area contributed by atoms with Gasteiger partial charge in [-0.1, -0.05) is 34.1 Å². The van der Waals surface area contributed by atoms with Gasteiger partial charge in [0.2, 0.25) is 0 Å². The maximum atomic E-state index is 13.2. The number of aryl methyl sites for hydroxylation is 1. The number of Topliss-reactive ketones (excluding diaryl/α,β-unsaturated/α-hetero) is 1. The Morgan fingerprint density at radius 1 is 1.17 bits per heavy atom. The number of esters is 1. The lowest BCUT2D eigenvalue weighted by Crippen LogP contribution is -2.45. The van der Waals surface area contributed by atoms with E-state index >= 15 is 0 Å². The Morgan fingerprint density at radius 2 is 1.86 bits per heavy atom. The van der Waals surface area contributed by atoms with Crippen molar-refractivity contribution in [2.75, 3.05) is 6.61 Å². The number of ether oxygens (including phenoxy) is 2. The maximum absolute atomic E-state index is 13.2. The van der Waals surface area contributed by atoms with Gasteiger partial charge in [-0.25, -0.2) is 4.98 Å². The molecule has 0 bridgehead atoms. The lowest BCUT2D eigenvalue weighted by Gasteiger charge is -2.34. The molecule has 1 aromatic rings. The highest BCUT2D eigenvalue weighted by molar-refractivity contribution is 7.09. The molecule has 35 heavy (non-hydrogen) atoms. The van der Waals surface area contributed by atoms with Gasteiger partial charge >= 0.3 is 5.97 Å². The number of rotatable bonds is 2. The van der Waals surface area contributed by atoms with E-state index in [-0.39, 0.29) is 24.2 Å². The first-order chi connectivity index (χ1) is 16.3. The van der Waals surface area contributed by atoms with Gasteiger partial charge in [0, 0.05) is 17.7 Å². The minimum atomic E-state index is -1.23. The average molecular weight is 510 g/mol. The minimum Gasteiger partial charge on any atom is -0.458 e. The van der Waals surface area contributed by atoms with Crippen molar-refractivity contribution in [3.05, 3.63) is 21.7 Å². The number of hydrogen-bond donors (Lipinski definition) is 2. The number of hydrogen-bond acceptors (Lipinski definition) is 8. The van der Waals surface area contributed by atoms with Gasteiger partial charge in [0.25, 0.3) is 0 Å². The van der Waals surface area contributed by atoms with Crippen LogP contribution in [0.25, 0.3) is 6.08 Å². The second-order valence-corrected chi connectivity index (χ2v) is 11.7. The van der Waals surface area contributed by atoms with Gasteiger partial charge in [-0.15, -0.1) is 11.3 Å². The zero-order valence-electron chi connectivity index (χ0n) is 22.2. The van der Waals surface area contributed by atoms with Gasteiger partial charge in [-0.05, 0) is 51.2 Å². The highest BCUT2D eigenvalue weighted by Crippen LogP contribution is 2.32. The number of cyclic esters (lactones) is 1. The Bertz CT molecular complexity index is 879. The Labute approximate surface area is 213 Å². The fourth-order valence-corrected chi connectivity index (χ4v) is 5.10. The van der Waals surface area contributed by atoms with E-state index in [4.69, 9.17) is 9.47 Å². The lowest BCUT2D eigenvalue weighted by molar-refractivity contribution is -0.154. The van der Waals surface area contributed by atoms with Gasteiger partial charge in [-0.3, -0.25) is 9.59 Å². The molecule has 2 N–H and O–H groups in total. The zero-order chi connectivity index (χ0) is 26.3. The van der Waals surface area contributed by atoms with Crippen molar-refractivity contribution >= 4 is 29.2 Å². The van der Waals surface area contributed by atoms with E-state index in [9.17, 15) is 19.8 Å². The summed E-state index contributed by atoms with van der Waals surface area (Å²) in [7, 11) is 0. The molecule has 2 rings (SSSR count). The van der Waals surface area contributed by atoms with Crippen molar-refractivity contribution in [1.29, 1.82) is 0 Å². The van der Waals surface area contributed by atoms with Crippen molar-refractivity contribution in [2.45, 2.75) is 105 Å². The molecule has 8 heteroatoms. The predicted octanol–water partition coefficient (Wildman–Crippen LogP) is 4.73. The number of carbonyl (C=O) groups is 2. The van der Waals surface area contributed by atoms with Crippen molar-refractivity contribution < 1.29 is 29.3 Å². The summed E-state index contributed by atoms with van der Waals surface area (Å²) < 4.78 is 11.8. The van der Waals surface area contributed by atoms with Crippen LogP contribution in [0.4, 0.5) is 0 Å². The summed E-state index contributed by atoms with van der Waals surface area (Å²) in [5.74, 6) is -1.56. The molecule has 198 valence electrons. The van der Waals surface area contributed by atoms with Crippen LogP contribution in [0.2, 0.25) is 0 Å². The smallest absolute Gasteiger partial charge is 0.309 e. The fourth-order valence-electron chi connectivity index (χ4n) is 4.53. The minimum absolute atomic E-state index is 0.0247. The summed E-state index contributed by atoms with van der Waals surface area (Å²) in [4.78, 5) is 30.5. The lowest BCUT2D eigenvalue weighted by atomic mass is 9.73. The topological polar surface area (TPSA) is 106 Å². The number of aliphatic hydroxyl groups excluding tert-OH is 2. The third-order valence-corrected chi connectivity index (χ3v) is 7.98. The first kappa shape index (κ1) is 29.6. The molecular weight excluding hydrogens is 466 g/mol. The van der Waals surface area contributed by atoms with Crippen LogP contribution in [0.5, 0.6) is 0 Å². The molecule has 1 saturated heterocycles. The van der Waals surface area contributed by atoms with E-state index in [2.05, 4.69) is 4.98 Å². The van der Waals surface area contributed by atoms with Crippen LogP contribution in [0, 0.1) is 24.2 Å². The van der Waals surface area contributed by atoms with Crippen LogP contribution in [0.1, 0.15) is 84.3 Å². The second kappa shape index (κ2) is 13.1. The van der Waals surface area contributed by atoms with Gasteiger partial charge in [0.15, 0.2) is 0 Å². The molecule has 0 radical (unpaired) electrons. The molecule has 0 spiro atoms. The highest BCUT2D eigenvalue weighted by Gasteiger charge is 2.42. The summed E-state index contributed by atoms with van der Waals surface area (Å²) in [5, 5.41) is 24.5. The number of carbonyl (C=O) groups excluding carboxylic acids is 2. The van der Waals surface area contributed by atoms with Gasteiger partial charge < -0.3 is 19.7 Å². The number of aromatic nitrogens is 1. The Balaban J connectivity index is 2.26. The summed E-state index contributed by atoms with van der Waals surface area (Å²) in [5.41, 5.74) is 0.448. The van der Waals surface area contributed by atoms with Crippen LogP contribution < -0.4 is 0 Å². The van der Waals surface area contributed by atoms with Crippen molar-refractivity contribution in [1.82, 2.24) is 4.98 Å². The Hall–Kier alpha value is -1.61. The molecule has 0 amide bonds. The number of thiazole rings is 1. The molecule has 0 aromatic carbocycles. The maximum Gasteiger partial charge on any atom is 0.309 e. The summed E-state index contributed by atoms with van der Waals surface area (Å²) in [6.45, 7) is 13.2. The second-order valence-electron chi connectivity index (χ2n) is 10.6. The third kappa shape index (κ3) is 8.48. The van der Waals surface area contributed by atoms with E-state index < -0.39 is 35.6 Å². The zero-order valence-corrected chi connectivity index (χ0v) is 23.1. The third-order valence-electron chi connectivity index (χ3n) is 7.18. The molecule has 1 aliphatic rings. The first-order valence-electron chi connectivity index (χ1n) is 12.6. The molecule has 1 fully saturated rings. The largest absolute Gasteiger partial charge is 0.458 e. The van der Waals surface area contributed by atoms with Gasteiger partial charge in [0.05, 0.1) is 47.5 Å². The van der Waals surface area contributed by atoms with Crippen LogP contribution in [0.15, 0.2) is 11.0 Å². The summed E-state index contributed by atoms with van der Waals surface area (Å²) >= 11 is 1.55. The van der Waals surface area contributed by atoms with Crippen LogP contribution in [-0.2, 0) is 19.1 Å². The predicted molar refractivity (Wildman–Crippen MR) is 138 cm³/mol. The molecule has 7 nitrogen and oxygen atoms in total. The number of ketones is 1. The van der Waals surface area contributed by atoms with E-state index in [1.807, 2.05) is 39.2 Å². The Kier molecular flexibility index (Phi) is 11.1. The van der Waals surface area contributed by atoms with E-state index in [0.717, 1.165) is 35.5 Å². The van der Waals surface area contributed by atoms with Crippen LogP contribution >= 0.6 is 11.3 Å². The van der Waals surface area contributed by atoms with Crippen molar-refractivity contribution in [3.8, 4) is 0 Å². The Morgan fingerprint density at radius 3 is 2.49 bits per heavy atom. The molecule has 4 unspecified atom stereocenters. The fraction of sp³-hybridized carbons (Fsp3) is 0.741. The molecule has 0 saturated carbocycles. The standard InChI is InChI=1S/C27H43NO6S/c1-16-9-8-10-18(3)33-12-11-22(17(2)13-21-15-35-20(5)28-21)34-24(30)14-23(29)27(6,7)26(32)19(4)25(16)31/h13,15-16,18-19,22-23,25,29,31H,8-12,14H2,1-7H3/b17-13+/t16?,18-,19?,22?,23-,25?/m0/s1. The SMILES string of the molecule is C/C(=C\c1csc(C)n1)C1CCO[C@@H](C)CCCC(C)C(O)C(C)C(=O)C(C)(C)[C@@H](O)CC(=O)O1. The van der Waals surface area contributed by atoms with E-state index in [1.165, 1.54) is 0 Å². The molecule has 1 aliphatic heterocycles. The van der Waals surface area contributed by atoms with Crippen molar-refractivity contribution in [3.63, 3.8) is 0 Å². The quantitative estimate of drug-likeness (QED) is 0.555. The van der Waals surface area contributed by atoms with Crippen LogP contribution in [-0.4, -0.2) is 58.0 Å². The molecule has 6 atom stereocenters. The normalized spacial score (nSPS) is 32.7. The van der Waals surface area contributed by atoms with Crippen molar-refractivity contribution in [2.24, 2.45) is 17.3 Å². The number of nitrogens with zero attached hydrogens (tertiary/aromatic N) is 1. The summed E-state index contributed by atoms with van der Waals surface area (Å²) in [6.07, 6.45) is 1.99. The van der Waals surface area contributed by atoms with E-state index in [1.54, 1.807) is 32.1 Å². The molecule has 2 heterocycles. The highest BCUT2D eigenvalue weighted by atomic mass is 32.1. The monoisotopic (exact) mass is 509 g/mol. The van der Waals surface area contributed by atoms with Gasteiger partial charge in [0.1, 0.15) is 11.9 Å². The number of aliphatic hydroxyl groups is 2. The van der Waals surface area contributed by atoms with E-state index in [0.29, 0.717) is 13.0 Å². The van der Waals surface area contributed by atoms with Crippen LogP contribution in [0.3, 0.4) is 0 Å². The summed E-state index contributed by atoms with van der Waals surface area (Å²) in [6, 6.07) is 0. The molecule has 0 aliphatic carbocycles. The van der Waals surface area contributed by atoms with Gasteiger partial charge in [-0.2, -0.15) is 0 Å². The first-order valence-corrected chi connectivity index (χ1v) is 13.5. The molecule has 1 aromatic heterocycles.